The standard InChI is InChI=1S/C49H94O6/c1-6-7-8-9-10-11-12-13-14-15-16-17-20-23-29-34-39-47(50)53-42-46(43-54-48(51)40-35-30-26-25-28-33-38-45(4)5)55-49(52)41-36-31-24-21-18-19-22-27-32-37-44(2)3/h44-46H,6-43H2,1-5H3/t46-/m1/s1. The fraction of sp³-hybridized carbons (Fsp3) is 0.939. The number of unbranched alkanes of at least 4 members (excludes halogenated alkanes) is 28. The number of rotatable bonds is 43. The van der Waals surface area contributed by atoms with E-state index in [1.165, 1.54) is 154 Å². The maximum atomic E-state index is 12.7. The second-order valence-electron chi connectivity index (χ2n) is 17.7. The topological polar surface area (TPSA) is 78.9 Å². The Labute approximate surface area is 342 Å². The van der Waals surface area contributed by atoms with Crippen LogP contribution < -0.4 is 0 Å². The van der Waals surface area contributed by atoms with Gasteiger partial charge in [0.05, 0.1) is 0 Å². The van der Waals surface area contributed by atoms with Gasteiger partial charge in [0, 0.05) is 19.3 Å². The summed E-state index contributed by atoms with van der Waals surface area (Å²) in [5.74, 6) is 0.710. The molecule has 0 N–H and O–H groups in total. The van der Waals surface area contributed by atoms with E-state index in [1.54, 1.807) is 0 Å². The highest BCUT2D eigenvalue weighted by Gasteiger charge is 2.19. The van der Waals surface area contributed by atoms with Gasteiger partial charge >= 0.3 is 17.9 Å². The quantitative estimate of drug-likeness (QED) is 0.0348. The Hall–Kier alpha value is -1.59. The van der Waals surface area contributed by atoms with Crippen molar-refractivity contribution in [2.24, 2.45) is 11.8 Å². The third-order valence-electron chi connectivity index (χ3n) is 11.0. The summed E-state index contributed by atoms with van der Waals surface area (Å²) in [5.41, 5.74) is 0. The van der Waals surface area contributed by atoms with Crippen LogP contribution >= 0.6 is 0 Å². The van der Waals surface area contributed by atoms with Crippen LogP contribution in [0.5, 0.6) is 0 Å². The van der Waals surface area contributed by atoms with Crippen molar-refractivity contribution >= 4 is 17.9 Å². The van der Waals surface area contributed by atoms with E-state index in [0.717, 1.165) is 69.6 Å². The van der Waals surface area contributed by atoms with Crippen LogP contribution in [0.1, 0.15) is 266 Å². The molecular weight excluding hydrogens is 685 g/mol. The summed E-state index contributed by atoms with van der Waals surface area (Å²) < 4.78 is 16.7. The minimum Gasteiger partial charge on any atom is -0.462 e. The van der Waals surface area contributed by atoms with E-state index in [-0.39, 0.29) is 31.1 Å². The summed E-state index contributed by atoms with van der Waals surface area (Å²) in [5, 5.41) is 0. The Kier molecular flexibility index (Phi) is 40.8. The summed E-state index contributed by atoms with van der Waals surface area (Å²) in [6, 6.07) is 0. The van der Waals surface area contributed by atoms with Crippen LogP contribution in [0.2, 0.25) is 0 Å². The van der Waals surface area contributed by atoms with Gasteiger partial charge in [0.15, 0.2) is 6.10 Å². The number of carbonyl (C=O) groups excluding carboxylic acids is 3. The lowest BCUT2D eigenvalue weighted by molar-refractivity contribution is -0.167. The Bertz CT molecular complexity index is 839. The number of ether oxygens (including phenoxy) is 3. The molecule has 0 aromatic carbocycles. The second-order valence-corrected chi connectivity index (χ2v) is 17.7. The molecule has 55 heavy (non-hydrogen) atoms. The first-order valence-electron chi connectivity index (χ1n) is 24.2. The maximum Gasteiger partial charge on any atom is 0.306 e. The van der Waals surface area contributed by atoms with Crippen LogP contribution in [0.15, 0.2) is 0 Å². The molecular formula is C49H94O6. The third kappa shape index (κ3) is 43.4. The lowest BCUT2D eigenvalue weighted by Gasteiger charge is -2.18. The van der Waals surface area contributed by atoms with E-state index in [2.05, 4.69) is 34.6 Å². The highest BCUT2D eigenvalue weighted by Crippen LogP contribution is 2.17. The molecule has 0 aromatic rings. The van der Waals surface area contributed by atoms with Crippen LogP contribution in [-0.4, -0.2) is 37.2 Å². The molecule has 326 valence electrons. The molecule has 0 bridgehead atoms. The minimum atomic E-state index is -0.761. The molecule has 0 saturated carbocycles. The molecule has 0 fully saturated rings. The molecule has 0 amide bonds. The van der Waals surface area contributed by atoms with Gasteiger partial charge in [0.2, 0.25) is 0 Å². The predicted octanol–water partition coefficient (Wildman–Crippen LogP) is 15.4. The van der Waals surface area contributed by atoms with Gasteiger partial charge in [-0.3, -0.25) is 14.4 Å². The van der Waals surface area contributed by atoms with Crippen LogP contribution in [0.3, 0.4) is 0 Å². The Morgan fingerprint density at radius 3 is 0.891 bits per heavy atom. The molecule has 0 unspecified atom stereocenters. The third-order valence-corrected chi connectivity index (χ3v) is 11.0. The molecule has 0 radical (unpaired) electrons. The van der Waals surface area contributed by atoms with Crippen LogP contribution in [0, 0.1) is 11.8 Å². The van der Waals surface area contributed by atoms with Crippen molar-refractivity contribution in [3.8, 4) is 0 Å². The zero-order valence-electron chi connectivity index (χ0n) is 37.6. The van der Waals surface area contributed by atoms with Gasteiger partial charge in [0.1, 0.15) is 13.2 Å². The summed E-state index contributed by atoms with van der Waals surface area (Å²) >= 11 is 0. The van der Waals surface area contributed by atoms with Crippen molar-refractivity contribution in [3.63, 3.8) is 0 Å². The average molecular weight is 779 g/mol. The van der Waals surface area contributed by atoms with Crippen molar-refractivity contribution in [1.29, 1.82) is 0 Å². The summed E-state index contributed by atoms with van der Waals surface area (Å²) in [6.07, 6.45) is 41.0. The van der Waals surface area contributed by atoms with Crippen molar-refractivity contribution in [2.75, 3.05) is 13.2 Å². The van der Waals surface area contributed by atoms with Gasteiger partial charge in [-0.05, 0) is 31.1 Å². The lowest BCUT2D eigenvalue weighted by atomic mass is 10.0. The fourth-order valence-corrected chi connectivity index (χ4v) is 7.28. The van der Waals surface area contributed by atoms with Crippen LogP contribution in [0.4, 0.5) is 0 Å². The molecule has 0 aliphatic heterocycles. The first-order valence-corrected chi connectivity index (χ1v) is 24.2. The summed E-state index contributed by atoms with van der Waals surface area (Å²) in [6.45, 7) is 11.3. The molecule has 6 nitrogen and oxygen atoms in total. The molecule has 0 saturated heterocycles. The Balaban J connectivity index is 4.27. The summed E-state index contributed by atoms with van der Waals surface area (Å²) in [7, 11) is 0. The number of hydrogen-bond acceptors (Lipinski definition) is 6. The van der Waals surface area contributed by atoms with Crippen LogP contribution in [-0.2, 0) is 28.6 Å². The number of hydrogen-bond donors (Lipinski definition) is 0. The van der Waals surface area contributed by atoms with Crippen molar-refractivity contribution in [2.45, 2.75) is 272 Å². The van der Waals surface area contributed by atoms with E-state index in [1.807, 2.05) is 0 Å². The first-order chi connectivity index (χ1) is 26.7. The van der Waals surface area contributed by atoms with Crippen molar-refractivity contribution < 1.29 is 28.6 Å². The maximum absolute atomic E-state index is 12.7. The second kappa shape index (κ2) is 42.0. The van der Waals surface area contributed by atoms with Gasteiger partial charge in [-0.25, -0.2) is 0 Å². The van der Waals surface area contributed by atoms with E-state index < -0.39 is 6.10 Å². The Morgan fingerprint density at radius 2 is 0.600 bits per heavy atom. The Morgan fingerprint density at radius 1 is 0.345 bits per heavy atom. The molecule has 0 rings (SSSR count). The van der Waals surface area contributed by atoms with E-state index in [0.29, 0.717) is 19.3 Å². The van der Waals surface area contributed by atoms with Crippen molar-refractivity contribution in [1.82, 2.24) is 0 Å². The van der Waals surface area contributed by atoms with E-state index in [4.69, 9.17) is 14.2 Å². The molecule has 6 heteroatoms. The normalized spacial score (nSPS) is 12.1. The molecule has 0 aliphatic carbocycles. The predicted molar refractivity (Wildman–Crippen MR) is 233 cm³/mol. The first kappa shape index (κ1) is 53.4. The SMILES string of the molecule is CCCCCCCCCCCCCCCCCCC(=O)OC[C@H](COC(=O)CCCCCCCCC(C)C)OC(=O)CCCCCCCCCCCC(C)C. The van der Waals surface area contributed by atoms with E-state index in [9.17, 15) is 14.4 Å². The molecule has 0 heterocycles. The van der Waals surface area contributed by atoms with Gasteiger partial charge in [-0.2, -0.15) is 0 Å². The van der Waals surface area contributed by atoms with Crippen molar-refractivity contribution in [3.05, 3.63) is 0 Å². The molecule has 0 aliphatic rings. The smallest absolute Gasteiger partial charge is 0.306 e. The fourth-order valence-electron chi connectivity index (χ4n) is 7.28. The van der Waals surface area contributed by atoms with Gasteiger partial charge in [-0.15, -0.1) is 0 Å². The highest BCUT2D eigenvalue weighted by molar-refractivity contribution is 5.71. The average Bonchev–Trinajstić information content (AvgIpc) is 3.15. The van der Waals surface area contributed by atoms with Gasteiger partial charge in [0.25, 0.3) is 0 Å². The zero-order valence-corrected chi connectivity index (χ0v) is 37.6. The molecule has 0 spiro atoms. The van der Waals surface area contributed by atoms with E-state index >= 15 is 0 Å². The highest BCUT2D eigenvalue weighted by atomic mass is 16.6. The largest absolute Gasteiger partial charge is 0.462 e. The monoisotopic (exact) mass is 779 g/mol. The minimum absolute atomic E-state index is 0.0652. The van der Waals surface area contributed by atoms with Gasteiger partial charge < -0.3 is 14.2 Å². The number of esters is 3. The molecule has 0 aromatic heterocycles. The summed E-state index contributed by atoms with van der Waals surface area (Å²) in [4.78, 5) is 37.8. The number of carbonyl (C=O) groups is 3. The van der Waals surface area contributed by atoms with Gasteiger partial charge in [-0.1, -0.05) is 227 Å². The zero-order chi connectivity index (χ0) is 40.5. The lowest BCUT2D eigenvalue weighted by Crippen LogP contribution is -2.30. The molecule has 1 atom stereocenters. The van der Waals surface area contributed by atoms with Crippen LogP contribution in [0.25, 0.3) is 0 Å².